The van der Waals surface area contributed by atoms with Crippen molar-refractivity contribution in [1.82, 2.24) is 5.32 Å². The number of aliphatic carboxylic acids is 2. The Balaban J connectivity index is 4.28. The molecule has 0 aliphatic heterocycles. The molecule has 0 bridgehead atoms. The normalized spacial score (nSPS) is 13.9. The van der Waals surface area contributed by atoms with E-state index < -0.39 is 36.5 Å². The molecule has 8 nitrogen and oxygen atoms in total. The zero-order valence-electron chi connectivity index (χ0n) is 8.42. The largest absolute Gasteiger partial charge is 0.481 e. The number of aliphatic hydroxyl groups is 1. The van der Waals surface area contributed by atoms with Gasteiger partial charge in [0.2, 0.25) is 5.91 Å². The van der Waals surface area contributed by atoms with Crippen LogP contribution in [-0.4, -0.2) is 51.9 Å². The van der Waals surface area contributed by atoms with Crippen molar-refractivity contribution < 1.29 is 29.7 Å². The van der Waals surface area contributed by atoms with Crippen LogP contribution in [0.25, 0.3) is 0 Å². The fourth-order valence-electron chi connectivity index (χ4n) is 0.887. The molecule has 1 amide bonds. The van der Waals surface area contributed by atoms with Crippen molar-refractivity contribution in [3.8, 4) is 0 Å². The van der Waals surface area contributed by atoms with Crippen LogP contribution in [0.4, 0.5) is 0 Å². The van der Waals surface area contributed by atoms with E-state index in [1.807, 2.05) is 5.32 Å². The van der Waals surface area contributed by atoms with Gasteiger partial charge in [0, 0.05) is 6.42 Å². The topological polar surface area (TPSA) is 150 Å². The van der Waals surface area contributed by atoms with Gasteiger partial charge in [-0.1, -0.05) is 0 Å². The molecule has 0 radical (unpaired) electrons. The Morgan fingerprint density at radius 1 is 1.25 bits per heavy atom. The second kappa shape index (κ2) is 6.75. The van der Waals surface area contributed by atoms with Gasteiger partial charge in [-0.2, -0.15) is 0 Å². The number of carbonyl (C=O) groups excluding carboxylic acids is 1. The average molecular weight is 234 g/mol. The number of carbonyl (C=O) groups is 3. The van der Waals surface area contributed by atoms with Gasteiger partial charge >= 0.3 is 11.9 Å². The van der Waals surface area contributed by atoms with Crippen LogP contribution in [0.3, 0.4) is 0 Å². The predicted molar refractivity (Wildman–Crippen MR) is 51.5 cm³/mol. The first-order chi connectivity index (χ1) is 7.38. The highest BCUT2D eigenvalue weighted by Crippen LogP contribution is 1.98. The summed E-state index contributed by atoms with van der Waals surface area (Å²) in [6, 6.07) is -2.53. The minimum atomic E-state index is -1.35. The minimum absolute atomic E-state index is 0.242. The number of carboxylic acid groups (broad SMARTS) is 2. The van der Waals surface area contributed by atoms with Gasteiger partial charge in [0.25, 0.3) is 0 Å². The zero-order valence-corrected chi connectivity index (χ0v) is 8.42. The van der Waals surface area contributed by atoms with Crippen LogP contribution in [0, 0.1) is 0 Å². The quantitative estimate of drug-likeness (QED) is 0.333. The molecular formula is C8H14N2O6. The third-order valence-corrected chi connectivity index (χ3v) is 1.79. The van der Waals surface area contributed by atoms with Crippen molar-refractivity contribution in [1.29, 1.82) is 0 Å². The van der Waals surface area contributed by atoms with E-state index in [9.17, 15) is 14.4 Å². The molecule has 6 N–H and O–H groups in total. The third-order valence-electron chi connectivity index (χ3n) is 1.79. The number of amides is 1. The predicted octanol–water partition coefficient (Wildman–Crippen LogP) is -2.26. The van der Waals surface area contributed by atoms with Crippen molar-refractivity contribution in [2.75, 3.05) is 6.61 Å². The molecule has 0 saturated heterocycles. The zero-order chi connectivity index (χ0) is 12.7. The van der Waals surface area contributed by atoms with E-state index >= 15 is 0 Å². The van der Waals surface area contributed by atoms with Crippen LogP contribution in [0.15, 0.2) is 0 Å². The first-order valence-electron chi connectivity index (χ1n) is 4.50. The summed E-state index contributed by atoms with van der Waals surface area (Å²) in [5.74, 6) is -3.34. The van der Waals surface area contributed by atoms with Crippen LogP contribution < -0.4 is 11.1 Å². The molecule has 0 fully saturated rings. The van der Waals surface area contributed by atoms with E-state index in [0.29, 0.717) is 0 Å². The summed E-state index contributed by atoms with van der Waals surface area (Å²) < 4.78 is 0. The van der Waals surface area contributed by atoms with Gasteiger partial charge in [-0.15, -0.1) is 0 Å². The highest BCUT2D eigenvalue weighted by atomic mass is 16.4. The molecule has 16 heavy (non-hydrogen) atoms. The maximum atomic E-state index is 11.1. The van der Waals surface area contributed by atoms with Crippen molar-refractivity contribution in [3.63, 3.8) is 0 Å². The molecule has 0 heterocycles. The summed E-state index contributed by atoms with van der Waals surface area (Å²) in [6.45, 7) is -0.614. The van der Waals surface area contributed by atoms with Gasteiger partial charge in [0.15, 0.2) is 0 Å². The molecule has 92 valence electrons. The molecule has 0 aromatic heterocycles. The molecular weight excluding hydrogens is 220 g/mol. The highest BCUT2D eigenvalue weighted by molar-refractivity contribution is 5.87. The highest BCUT2D eigenvalue weighted by Gasteiger charge is 2.23. The number of aliphatic hydroxyl groups excluding tert-OH is 1. The summed E-state index contributed by atoms with van der Waals surface area (Å²) in [5, 5.41) is 27.6. The summed E-state index contributed by atoms with van der Waals surface area (Å²) in [4.78, 5) is 32.0. The number of nitrogens with two attached hydrogens (primary N) is 1. The summed E-state index contributed by atoms with van der Waals surface area (Å²) in [7, 11) is 0. The van der Waals surface area contributed by atoms with Gasteiger partial charge in [0.1, 0.15) is 12.1 Å². The molecule has 0 aliphatic rings. The van der Waals surface area contributed by atoms with Crippen molar-refractivity contribution in [2.45, 2.75) is 24.9 Å². The van der Waals surface area contributed by atoms with E-state index in [-0.39, 0.29) is 12.8 Å². The van der Waals surface area contributed by atoms with E-state index in [4.69, 9.17) is 21.1 Å². The molecule has 0 unspecified atom stereocenters. The average Bonchev–Trinajstić information content (AvgIpc) is 2.21. The van der Waals surface area contributed by atoms with Gasteiger partial charge in [-0.3, -0.25) is 9.59 Å². The number of hydrogen-bond acceptors (Lipinski definition) is 5. The molecule has 0 aliphatic carbocycles. The standard InChI is InChI=1S/C8H14N2O6/c9-4(3-11)7(14)10-5(8(15)16)1-2-6(12)13/h4-5,11H,1-3,9H2,(H,10,14)(H,12,13)(H,15,16)/t4-,5-/m1/s1. The lowest BCUT2D eigenvalue weighted by Gasteiger charge is -2.15. The Morgan fingerprint density at radius 3 is 2.19 bits per heavy atom. The minimum Gasteiger partial charge on any atom is -0.481 e. The Kier molecular flexibility index (Phi) is 6.04. The van der Waals surface area contributed by atoms with Crippen LogP contribution in [0.2, 0.25) is 0 Å². The maximum absolute atomic E-state index is 11.1. The molecule has 0 aromatic carbocycles. The van der Waals surface area contributed by atoms with Crippen LogP contribution >= 0.6 is 0 Å². The number of rotatable bonds is 7. The van der Waals surface area contributed by atoms with Crippen molar-refractivity contribution in [2.24, 2.45) is 5.73 Å². The molecule has 2 atom stereocenters. The lowest BCUT2D eigenvalue weighted by atomic mass is 10.1. The first-order valence-corrected chi connectivity index (χ1v) is 4.50. The summed E-state index contributed by atoms with van der Waals surface area (Å²) >= 11 is 0. The fourth-order valence-corrected chi connectivity index (χ4v) is 0.887. The van der Waals surface area contributed by atoms with E-state index in [1.165, 1.54) is 0 Å². The van der Waals surface area contributed by atoms with E-state index in [0.717, 1.165) is 0 Å². The Bertz CT molecular complexity index is 280. The summed E-state index contributed by atoms with van der Waals surface area (Å²) in [5.41, 5.74) is 5.15. The van der Waals surface area contributed by atoms with Crippen molar-refractivity contribution >= 4 is 17.8 Å². The maximum Gasteiger partial charge on any atom is 0.326 e. The Labute approximate surface area is 91.1 Å². The molecule has 0 rings (SSSR count). The summed E-state index contributed by atoms with van der Waals surface area (Å²) in [6.07, 6.45) is -0.625. The fraction of sp³-hybridized carbons (Fsp3) is 0.625. The molecule has 0 aromatic rings. The molecule has 0 spiro atoms. The van der Waals surface area contributed by atoms with Crippen LogP contribution in [0.5, 0.6) is 0 Å². The monoisotopic (exact) mass is 234 g/mol. The second-order valence-corrected chi connectivity index (χ2v) is 3.12. The Morgan fingerprint density at radius 2 is 1.81 bits per heavy atom. The Hall–Kier alpha value is -1.67. The third kappa shape index (κ3) is 5.27. The van der Waals surface area contributed by atoms with E-state index in [2.05, 4.69) is 0 Å². The lowest BCUT2D eigenvalue weighted by molar-refractivity contribution is -0.143. The molecule has 8 heteroatoms. The van der Waals surface area contributed by atoms with Crippen LogP contribution in [0.1, 0.15) is 12.8 Å². The van der Waals surface area contributed by atoms with Crippen LogP contribution in [-0.2, 0) is 14.4 Å². The van der Waals surface area contributed by atoms with Gasteiger partial charge in [-0.05, 0) is 6.42 Å². The van der Waals surface area contributed by atoms with Crippen molar-refractivity contribution in [3.05, 3.63) is 0 Å². The molecule has 0 saturated carbocycles. The first kappa shape index (κ1) is 14.3. The lowest BCUT2D eigenvalue weighted by Crippen LogP contribution is -2.49. The van der Waals surface area contributed by atoms with Gasteiger partial charge in [0.05, 0.1) is 6.61 Å². The second-order valence-electron chi connectivity index (χ2n) is 3.12. The SMILES string of the molecule is N[C@H](CO)C(=O)N[C@H](CCC(=O)O)C(=O)O. The number of carboxylic acids is 2. The van der Waals surface area contributed by atoms with Gasteiger partial charge < -0.3 is 26.4 Å². The smallest absolute Gasteiger partial charge is 0.326 e. The van der Waals surface area contributed by atoms with Gasteiger partial charge in [-0.25, -0.2) is 4.79 Å². The van der Waals surface area contributed by atoms with E-state index in [1.54, 1.807) is 0 Å². The number of hydrogen-bond donors (Lipinski definition) is 5. The number of nitrogens with one attached hydrogen (secondary N) is 1.